The summed E-state index contributed by atoms with van der Waals surface area (Å²) in [5.74, 6) is -0.313. The molecule has 0 spiro atoms. The average molecular weight is 456 g/mol. The fraction of sp³-hybridized carbons (Fsp3) is 0.0870. The summed E-state index contributed by atoms with van der Waals surface area (Å²) in [4.78, 5) is 24.3. The maximum absolute atomic E-state index is 12.2. The van der Waals surface area contributed by atoms with Crippen LogP contribution < -0.4 is 15.5 Å². The van der Waals surface area contributed by atoms with Crippen molar-refractivity contribution in [3.63, 3.8) is 0 Å². The Bertz CT molecular complexity index is 1120. The van der Waals surface area contributed by atoms with E-state index >= 15 is 0 Å². The molecule has 0 unspecified atom stereocenters. The molecule has 3 aromatic rings. The van der Waals surface area contributed by atoms with Gasteiger partial charge in [-0.1, -0.05) is 47.5 Å². The average Bonchev–Trinajstić information content (AvgIpc) is 2.76. The highest BCUT2D eigenvalue weighted by Gasteiger charge is 2.09. The Balaban J connectivity index is 1.62. The van der Waals surface area contributed by atoms with Crippen LogP contribution >= 0.6 is 23.2 Å². The number of nitrogens with zero attached hydrogens (tertiary/aromatic N) is 1. The van der Waals surface area contributed by atoms with E-state index in [2.05, 4.69) is 15.8 Å². The quantitative estimate of drug-likeness (QED) is 0.384. The minimum atomic E-state index is -0.352. The van der Waals surface area contributed by atoms with Gasteiger partial charge in [0.25, 0.3) is 11.8 Å². The van der Waals surface area contributed by atoms with Gasteiger partial charge in [-0.2, -0.15) is 5.10 Å². The van der Waals surface area contributed by atoms with Crippen LogP contribution in [0.25, 0.3) is 0 Å². The fourth-order valence-electron chi connectivity index (χ4n) is 2.58. The van der Waals surface area contributed by atoms with E-state index in [1.807, 2.05) is 19.1 Å². The number of amides is 2. The zero-order valence-electron chi connectivity index (χ0n) is 16.6. The Morgan fingerprint density at radius 1 is 1.03 bits per heavy atom. The van der Waals surface area contributed by atoms with Gasteiger partial charge in [0, 0.05) is 26.9 Å². The molecule has 2 amide bonds. The summed E-state index contributed by atoms with van der Waals surface area (Å²) in [5, 5.41) is 7.70. The smallest absolute Gasteiger partial charge is 0.271 e. The number of ether oxygens (including phenoxy) is 1. The van der Waals surface area contributed by atoms with Crippen molar-refractivity contribution >= 4 is 46.9 Å². The van der Waals surface area contributed by atoms with E-state index in [1.165, 1.54) is 6.21 Å². The van der Waals surface area contributed by atoms with Crippen LogP contribution in [0.1, 0.15) is 21.5 Å². The lowest BCUT2D eigenvalue weighted by Gasteiger charge is -2.10. The maximum atomic E-state index is 12.2. The molecule has 0 atom stereocenters. The molecule has 0 bridgehead atoms. The first kappa shape index (κ1) is 22.3. The second kappa shape index (κ2) is 10.6. The van der Waals surface area contributed by atoms with E-state index in [0.29, 0.717) is 32.6 Å². The van der Waals surface area contributed by atoms with E-state index in [-0.39, 0.29) is 18.4 Å². The number of benzene rings is 3. The molecule has 2 N–H and O–H groups in total. The summed E-state index contributed by atoms with van der Waals surface area (Å²) in [7, 11) is 0. The third-order valence-corrected chi connectivity index (χ3v) is 4.83. The molecule has 0 aliphatic carbocycles. The molecule has 3 aromatic carbocycles. The van der Waals surface area contributed by atoms with Gasteiger partial charge >= 0.3 is 0 Å². The number of nitrogens with one attached hydrogen (secondary N) is 2. The summed E-state index contributed by atoms with van der Waals surface area (Å²) >= 11 is 12.1. The lowest BCUT2D eigenvalue weighted by atomic mass is 10.2. The molecule has 0 aliphatic heterocycles. The number of hydrazone groups is 1. The topological polar surface area (TPSA) is 79.8 Å². The second-order valence-corrected chi connectivity index (χ2v) is 7.39. The van der Waals surface area contributed by atoms with Crippen molar-refractivity contribution in [3.8, 4) is 5.75 Å². The molecule has 3 rings (SSSR count). The van der Waals surface area contributed by atoms with Crippen LogP contribution in [0.3, 0.4) is 0 Å². The first-order valence-corrected chi connectivity index (χ1v) is 10.0. The van der Waals surface area contributed by atoms with Gasteiger partial charge in [-0.05, 0) is 55.0 Å². The fourth-order valence-corrected chi connectivity index (χ4v) is 2.94. The van der Waals surface area contributed by atoms with Crippen molar-refractivity contribution in [1.29, 1.82) is 0 Å². The van der Waals surface area contributed by atoms with Crippen molar-refractivity contribution in [3.05, 3.63) is 93.5 Å². The predicted molar refractivity (Wildman–Crippen MR) is 123 cm³/mol. The number of carbonyl (C=O) groups excluding carboxylic acids is 2. The van der Waals surface area contributed by atoms with Gasteiger partial charge in [0.2, 0.25) is 0 Å². The van der Waals surface area contributed by atoms with E-state index in [4.69, 9.17) is 27.9 Å². The number of hydrogen-bond donors (Lipinski definition) is 2. The Labute approximate surface area is 189 Å². The molecule has 6 nitrogen and oxygen atoms in total. The number of rotatable bonds is 7. The van der Waals surface area contributed by atoms with Gasteiger partial charge < -0.3 is 10.1 Å². The zero-order valence-corrected chi connectivity index (χ0v) is 18.1. The molecule has 158 valence electrons. The summed E-state index contributed by atoms with van der Waals surface area (Å²) in [6.07, 6.45) is 1.40. The molecule has 8 heteroatoms. The van der Waals surface area contributed by atoms with Crippen molar-refractivity contribution in [2.24, 2.45) is 5.10 Å². The summed E-state index contributed by atoms with van der Waals surface area (Å²) in [6, 6.07) is 18.8. The largest absolute Gasteiger partial charge is 0.483 e. The van der Waals surface area contributed by atoms with Gasteiger partial charge in [0.1, 0.15) is 5.75 Å². The molecule has 0 saturated heterocycles. The van der Waals surface area contributed by atoms with E-state index in [1.54, 1.807) is 54.6 Å². The van der Waals surface area contributed by atoms with Crippen LogP contribution in [0.4, 0.5) is 5.69 Å². The highest BCUT2D eigenvalue weighted by Crippen LogP contribution is 2.22. The molecule has 0 saturated carbocycles. The SMILES string of the molecule is Cc1ccc(NC(=O)COc2ccc(Cl)cc2/C=N/NC(=O)c2ccccc2)cc1Cl. The van der Waals surface area contributed by atoms with Crippen LogP contribution in [0, 0.1) is 6.92 Å². The molecule has 0 heterocycles. The van der Waals surface area contributed by atoms with Crippen LogP contribution in [-0.2, 0) is 4.79 Å². The zero-order chi connectivity index (χ0) is 22.2. The van der Waals surface area contributed by atoms with E-state index in [9.17, 15) is 9.59 Å². The third-order valence-electron chi connectivity index (χ3n) is 4.19. The van der Waals surface area contributed by atoms with Crippen LogP contribution in [0.2, 0.25) is 10.0 Å². The molecular weight excluding hydrogens is 437 g/mol. The lowest BCUT2D eigenvalue weighted by Crippen LogP contribution is -2.20. The number of hydrogen-bond acceptors (Lipinski definition) is 4. The van der Waals surface area contributed by atoms with Gasteiger partial charge in [-0.15, -0.1) is 0 Å². The molecule has 0 aromatic heterocycles. The van der Waals surface area contributed by atoms with Gasteiger partial charge in [0.05, 0.1) is 6.21 Å². The van der Waals surface area contributed by atoms with Crippen molar-refractivity contribution in [2.75, 3.05) is 11.9 Å². The van der Waals surface area contributed by atoms with Gasteiger partial charge in [0.15, 0.2) is 6.61 Å². The summed E-state index contributed by atoms with van der Waals surface area (Å²) in [6.45, 7) is 1.65. The monoisotopic (exact) mass is 455 g/mol. The van der Waals surface area contributed by atoms with Crippen LogP contribution in [-0.4, -0.2) is 24.6 Å². The Hall–Kier alpha value is -3.35. The molecule has 31 heavy (non-hydrogen) atoms. The predicted octanol–water partition coefficient (Wildman–Crippen LogP) is 5.08. The van der Waals surface area contributed by atoms with Crippen LogP contribution in [0.5, 0.6) is 5.75 Å². The van der Waals surface area contributed by atoms with Crippen molar-refractivity contribution in [1.82, 2.24) is 5.43 Å². The highest BCUT2D eigenvalue weighted by molar-refractivity contribution is 6.31. The molecule has 0 aliphatic rings. The third kappa shape index (κ3) is 6.57. The van der Waals surface area contributed by atoms with Crippen molar-refractivity contribution < 1.29 is 14.3 Å². The summed E-state index contributed by atoms with van der Waals surface area (Å²) < 4.78 is 5.61. The van der Waals surface area contributed by atoms with E-state index < -0.39 is 0 Å². The Morgan fingerprint density at radius 3 is 2.55 bits per heavy atom. The minimum absolute atomic E-state index is 0.232. The van der Waals surface area contributed by atoms with Gasteiger partial charge in [-0.3, -0.25) is 9.59 Å². The second-order valence-electron chi connectivity index (χ2n) is 6.55. The number of halogens is 2. The van der Waals surface area contributed by atoms with E-state index in [0.717, 1.165) is 5.56 Å². The molecular formula is C23H19Cl2N3O3. The maximum Gasteiger partial charge on any atom is 0.271 e. The number of aryl methyl sites for hydroxylation is 1. The molecule has 0 radical (unpaired) electrons. The summed E-state index contributed by atoms with van der Waals surface area (Å²) in [5.41, 5.74) is 4.92. The Morgan fingerprint density at radius 2 is 1.81 bits per heavy atom. The first-order valence-electron chi connectivity index (χ1n) is 9.29. The number of anilines is 1. The van der Waals surface area contributed by atoms with Crippen LogP contribution in [0.15, 0.2) is 71.8 Å². The highest BCUT2D eigenvalue weighted by atomic mass is 35.5. The normalized spacial score (nSPS) is 10.7. The first-order chi connectivity index (χ1) is 14.9. The van der Waals surface area contributed by atoms with Gasteiger partial charge in [-0.25, -0.2) is 5.43 Å². The Kier molecular flexibility index (Phi) is 7.65. The lowest BCUT2D eigenvalue weighted by molar-refractivity contribution is -0.118. The minimum Gasteiger partial charge on any atom is -0.483 e. The standard InChI is InChI=1S/C23H19Cl2N3O3/c1-15-7-9-19(12-20(15)25)27-22(29)14-31-21-10-8-18(24)11-17(21)13-26-28-23(30)16-5-3-2-4-6-16/h2-13H,14H2,1H3,(H,27,29)(H,28,30)/b26-13+. The number of carbonyl (C=O) groups is 2. The van der Waals surface area contributed by atoms with Crippen molar-refractivity contribution in [2.45, 2.75) is 6.92 Å². The molecule has 0 fully saturated rings.